The second-order valence-electron chi connectivity index (χ2n) is 6.11. The fraction of sp³-hybridized carbons (Fsp3) is 0.143. The van der Waals surface area contributed by atoms with E-state index in [1.807, 2.05) is 30.5 Å². The van der Waals surface area contributed by atoms with Crippen molar-refractivity contribution in [2.45, 2.75) is 11.4 Å². The van der Waals surface area contributed by atoms with Crippen LogP contribution in [-0.4, -0.2) is 23.8 Å². The van der Waals surface area contributed by atoms with Crippen LogP contribution in [0.3, 0.4) is 0 Å². The minimum absolute atomic E-state index is 0.117. The summed E-state index contributed by atoms with van der Waals surface area (Å²) in [6, 6.07) is 16.6. The Labute approximate surface area is 181 Å². The Morgan fingerprint density at radius 2 is 2.03 bits per heavy atom. The monoisotopic (exact) mass is 444 g/mol. The predicted molar refractivity (Wildman–Crippen MR) is 118 cm³/mol. The summed E-state index contributed by atoms with van der Waals surface area (Å²) in [4.78, 5) is 20.5. The Kier molecular flexibility index (Phi) is 6.08. The number of carbonyl (C=O) groups is 1. The van der Waals surface area contributed by atoms with Gasteiger partial charge in [0.05, 0.1) is 23.0 Å². The van der Waals surface area contributed by atoms with E-state index in [0.29, 0.717) is 21.7 Å². The van der Waals surface area contributed by atoms with Crippen molar-refractivity contribution in [2.75, 3.05) is 17.8 Å². The van der Waals surface area contributed by atoms with E-state index in [2.05, 4.69) is 0 Å². The van der Waals surface area contributed by atoms with E-state index in [-0.39, 0.29) is 19.1 Å². The second kappa shape index (κ2) is 8.90. The van der Waals surface area contributed by atoms with Crippen molar-refractivity contribution in [3.8, 4) is 5.75 Å². The fourth-order valence-corrected chi connectivity index (χ4v) is 4.53. The molecule has 0 saturated heterocycles. The molecule has 1 amide bonds. The Morgan fingerprint density at radius 1 is 1.21 bits per heavy atom. The lowest BCUT2D eigenvalue weighted by Gasteiger charge is -2.19. The van der Waals surface area contributed by atoms with E-state index in [9.17, 15) is 4.79 Å². The summed E-state index contributed by atoms with van der Waals surface area (Å²) in [5, 5.41) is 1.23. The highest BCUT2D eigenvalue weighted by Crippen LogP contribution is 2.34. The number of hydrogen-bond donors (Lipinski definition) is 0. The van der Waals surface area contributed by atoms with Crippen LogP contribution in [0.2, 0.25) is 5.02 Å². The molecular formula is C21H17ClN2O3S2. The number of aromatic nitrogens is 1. The third-order valence-corrected chi connectivity index (χ3v) is 6.26. The molecule has 29 heavy (non-hydrogen) atoms. The summed E-state index contributed by atoms with van der Waals surface area (Å²) in [6.45, 7) is 0.165. The number of carbonyl (C=O) groups excluding carboxylic acids is 1. The van der Waals surface area contributed by atoms with Gasteiger partial charge in [0.1, 0.15) is 11.5 Å². The van der Waals surface area contributed by atoms with Crippen molar-refractivity contribution in [3.63, 3.8) is 0 Å². The van der Waals surface area contributed by atoms with Crippen molar-refractivity contribution in [1.29, 1.82) is 0 Å². The molecule has 0 N–H and O–H groups in total. The molecule has 0 radical (unpaired) electrons. The number of amides is 1. The van der Waals surface area contributed by atoms with Crippen LogP contribution in [0.4, 0.5) is 5.13 Å². The largest absolute Gasteiger partial charge is 0.484 e. The average molecular weight is 445 g/mol. The second-order valence-corrected chi connectivity index (χ2v) is 8.40. The highest BCUT2D eigenvalue weighted by Gasteiger charge is 2.22. The molecule has 0 saturated carbocycles. The number of para-hydroxylation sites is 1. The lowest BCUT2D eigenvalue weighted by Crippen LogP contribution is -2.34. The minimum Gasteiger partial charge on any atom is -0.484 e. The van der Waals surface area contributed by atoms with Crippen molar-refractivity contribution >= 4 is 56.0 Å². The molecule has 5 nitrogen and oxygen atoms in total. The number of rotatable bonds is 7. The Balaban J connectivity index is 1.60. The molecule has 4 rings (SSSR count). The summed E-state index contributed by atoms with van der Waals surface area (Å²) >= 11 is 9.01. The van der Waals surface area contributed by atoms with Gasteiger partial charge in [-0.05, 0) is 54.8 Å². The zero-order chi connectivity index (χ0) is 20.2. The van der Waals surface area contributed by atoms with E-state index in [0.717, 1.165) is 15.1 Å². The Morgan fingerprint density at radius 3 is 2.76 bits per heavy atom. The first-order chi connectivity index (χ1) is 14.1. The quantitative estimate of drug-likeness (QED) is 0.333. The van der Waals surface area contributed by atoms with Crippen LogP contribution in [0, 0.1) is 0 Å². The van der Waals surface area contributed by atoms with E-state index < -0.39 is 0 Å². The smallest absolute Gasteiger partial charge is 0.267 e. The molecule has 2 heterocycles. The normalized spacial score (nSPS) is 11.0. The van der Waals surface area contributed by atoms with Gasteiger partial charge in [0.15, 0.2) is 11.7 Å². The minimum atomic E-state index is -0.207. The van der Waals surface area contributed by atoms with Crippen LogP contribution < -0.4 is 9.64 Å². The third-order valence-electron chi connectivity index (χ3n) is 4.19. The van der Waals surface area contributed by atoms with Gasteiger partial charge in [-0.2, -0.15) is 0 Å². The van der Waals surface area contributed by atoms with Gasteiger partial charge in [0, 0.05) is 9.92 Å². The zero-order valence-electron chi connectivity index (χ0n) is 15.5. The van der Waals surface area contributed by atoms with E-state index in [4.69, 9.17) is 25.7 Å². The van der Waals surface area contributed by atoms with Crippen LogP contribution in [0.15, 0.2) is 70.2 Å². The number of furan rings is 1. The summed E-state index contributed by atoms with van der Waals surface area (Å²) in [5.74, 6) is 1.05. The lowest BCUT2D eigenvalue weighted by molar-refractivity contribution is -0.120. The lowest BCUT2D eigenvalue weighted by atomic mass is 10.3. The number of halogens is 1. The number of hydrogen-bond acceptors (Lipinski definition) is 6. The fourth-order valence-electron chi connectivity index (χ4n) is 2.77. The zero-order valence-corrected chi connectivity index (χ0v) is 17.9. The molecule has 0 aliphatic carbocycles. The van der Waals surface area contributed by atoms with Crippen molar-refractivity contribution in [3.05, 3.63) is 71.6 Å². The van der Waals surface area contributed by atoms with Crippen molar-refractivity contribution in [1.82, 2.24) is 4.98 Å². The summed E-state index contributed by atoms with van der Waals surface area (Å²) in [7, 11) is 0. The molecule has 0 unspecified atom stereocenters. The summed E-state index contributed by atoms with van der Waals surface area (Å²) < 4.78 is 12.1. The summed E-state index contributed by atoms with van der Waals surface area (Å²) in [5.41, 5.74) is 0.899. The van der Waals surface area contributed by atoms with E-state index >= 15 is 0 Å². The maximum absolute atomic E-state index is 13.0. The van der Waals surface area contributed by atoms with Gasteiger partial charge in [-0.1, -0.05) is 29.0 Å². The van der Waals surface area contributed by atoms with Gasteiger partial charge in [0.25, 0.3) is 5.91 Å². The Bertz CT molecular complexity index is 1110. The number of thioether (sulfide) groups is 1. The highest BCUT2D eigenvalue weighted by molar-refractivity contribution is 7.98. The standard InChI is InChI=1S/C21H17ClN2O3S2/c1-28-17-5-2-6-18-20(17)23-21(29-18)24(12-16-4-3-11-26-16)19(25)13-27-15-9-7-14(22)8-10-15/h2-11H,12-13H2,1H3. The van der Waals surface area contributed by atoms with E-state index in [1.165, 1.54) is 11.3 Å². The molecule has 2 aromatic heterocycles. The third kappa shape index (κ3) is 4.58. The number of nitrogens with zero attached hydrogens (tertiary/aromatic N) is 2. The first-order valence-corrected chi connectivity index (χ1v) is 11.2. The Hall–Kier alpha value is -2.48. The summed E-state index contributed by atoms with van der Waals surface area (Å²) in [6.07, 6.45) is 3.60. The molecule has 0 aliphatic rings. The van der Waals surface area contributed by atoms with Gasteiger partial charge >= 0.3 is 0 Å². The molecule has 0 spiro atoms. The molecule has 0 fully saturated rings. The predicted octanol–water partition coefficient (Wildman–Crippen LogP) is 5.88. The number of ether oxygens (including phenoxy) is 1. The number of benzene rings is 2. The maximum Gasteiger partial charge on any atom is 0.267 e. The van der Waals surface area contributed by atoms with Crippen molar-refractivity contribution in [2.24, 2.45) is 0 Å². The van der Waals surface area contributed by atoms with Crippen molar-refractivity contribution < 1.29 is 13.9 Å². The van der Waals surface area contributed by atoms with Crippen LogP contribution in [0.1, 0.15) is 5.76 Å². The first kappa shape index (κ1) is 19.8. The first-order valence-electron chi connectivity index (χ1n) is 8.78. The molecule has 0 bridgehead atoms. The average Bonchev–Trinajstić information content (AvgIpc) is 3.40. The number of thiazole rings is 1. The maximum atomic E-state index is 13.0. The van der Waals surface area contributed by atoms with Gasteiger partial charge in [-0.25, -0.2) is 4.98 Å². The van der Waals surface area contributed by atoms with Crippen LogP contribution in [0.5, 0.6) is 5.75 Å². The van der Waals surface area contributed by atoms with Gasteiger partial charge in [0.2, 0.25) is 0 Å². The SMILES string of the molecule is CSc1cccc2sc(N(Cc3ccco3)C(=O)COc3ccc(Cl)cc3)nc12. The van der Waals surface area contributed by atoms with Crippen LogP contribution in [-0.2, 0) is 11.3 Å². The molecule has 8 heteroatoms. The molecule has 2 aromatic carbocycles. The van der Waals surface area contributed by atoms with Gasteiger partial charge in [-0.3, -0.25) is 9.69 Å². The number of anilines is 1. The van der Waals surface area contributed by atoms with Crippen LogP contribution in [0.25, 0.3) is 10.2 Å². The highest BCUT2D eigenvalue weighted by atomic mass is 35.5. The van der Waals surface area contributed by atoms with Crippen LogP contribution >= 0.6 is 34.7 Å². The molecular weight excluding hydrogens is 428 g/mol. The molecule has 0 atom stereocenters. The topological polar surface area (TPSA) is 55.6 Å². The molecule has 148 valence electrons. The molecule has 4 aromatic rings. The van der Waals surface area contributed by atoms with Gasteiger partial charge in [-0.15, -0.1) is 11.8 Å². The van der Waals surface area contributed by atoms with E-state index in [1.54, 1.807) is 53.3 Å². The molecule has 0 aliphatic heterocycles. The number of fused-ring (bicyclic) bond motifs is 1. The van der Waals surface area contributed by atoms with Gasteiger partial charge < -0.3 is 9.15 Å².